The molecule has 238 valence electrons. The molecule has 0 unspecified atom stereocenters. The van der Waals surface area contributed by atoms with Crippen molar-refractivity contribution in [1.29, 1.82) is 5.26 Å². The molecule has 51 heavy (non-hydrogen) atoms. The maximum atomic E-state index is 9.47. The molecular formula is C45H27N5S. The molecule has 3 aromatic heterocycles. The molecule has 9 aromatic rings. The number of hydrogen-bond donors (Lipinski definition) is 0. The molecule has 0 N–H and O–H groups in total. The lowest BCUT2D eigenvalue weighted by molar-refractivity contribution is 1.08. The second-order valence-corrected chi connectivity index (χ2v) is 13.3. The Balaban J connectivity index is 1.26. The van der Waals surface area contributed by atoms with Crippen molar-refractivity contribution in [3.05, 3.63) is 170 Å². The molecule has 5 nitrogen and oxygen atoms in total. The van der Waals surface area contributed by atoms with Crippen LogP contribution in [-0.2, 0) is 0 Å². The molecular weight excluding hydrogens is 643 g/mol. The summed E-state index contributed by atoms with van der Waals surface area (Å²) in [6.45, 7) is 0. The smallest absolute Gasteiger partial charge is 0.165 e. The van der Waals surface area contributed by atoms with Crippen molar-refractivity contribution in [3.8, 4) is 73.6 Å². The Bertz CT molecular complexity index is 2730. The van der Waals surface area contributed by atoms with Gasteiger partial charge in [0, 0.05) is 49.3 Å². The molecule has 0 aliphatic heterocycles. The zero-order valence-electron chi connectivity index (χ0n) is 27.2. The van der Waals surface area contributed by atoms with Gasteiger partial charge in [0.15, 0.2) is 17.5 Å². The number of rotatable bonds is 6. The highest BCUT2D eigenvalue weighted by molar-refractivity contribution is 7.26. The fourth-order valence-corrected chi connectivity index (χ4v) is 7.67. The van der Waals surface area contributed by atoms with Gasteiger partial charge in [0.1, 0.15) is 0 Å². The Hall–Kier alpha value is -6.81. The Morgan fingerprint density at radius 3 is 1.78 bits per heavy atom. The maximum absolute atomic E-state index is 9.47. The monoisotopic (exact) mass is 669 g/mol. The fraction of sp³-hybridized carbons (Fsp3) is 0. The minimum atomic E-state index is 0.547. The third kappa shape index (κ3) is 5.82. The summed E-state index contributed by atoms with van der Waals surface area (Å²) in [5, 5.41) is 11.8. The fourth-order valence-electron chi connectivity index (χ4n) is 6.48. The van der Waals surface area contributed by atoms with Crippen molar-refractivity contribution >= 4 is 31.5 Å². The van der Waals surface area contributed by atoms with Gasteiger partial charge in [0.05, 0.1) is 11.6 Å². The molecule has 0 bridgehead atoms. The van der Waals surface area contributed by atoms with Crippen LogP contribution in [0, 0.1) is 11.3 Å². The topological polar surface area (TPSA) is 75.3 Å². The number of fused-ring (bicyclic) bond motifs is 3. The largest absolute Gasteiger partial charge is 0.265 e. The van der Waals surface area contributed by atoms with Crippen molar-refractivity contribution < 1.29 is 0 Å². The van der Waals surface area contributed by atoms with Crippen LogP contribution in [0.3, 0.4) is 0 Å². The molecule has 0 fully saturated rings. The summed E-state index contributed by atoms with van der Waals surface area (Å²) < 4.78 is 2.32. The predicted molar refractivity (Wildman–Crippen MR) is 208 cm³/mol. The van der Waals surface area contributed by atoms with E-state index in [0.717, 1.165) is 60.2 Å². The average molecular weight is 670 g/mol. The van der Waals surface area contributed by atoms with Crippen molar-refractivity contribution in [3.63, 3.8) is 0 Å². The van der Waals surface area contributed by atoms with Gasteiger partial charge in [-0.15, -0.1) is 11.3 Å². The van der Waals surface area contributed by atoms with Gasteiger partial charge in [0.25, 0.3) is 0 Å². The average Bonchev–Trinajstić information content (AvgIpc) is 3.60. The number of nitrogens with zero attached hydrogens (tertiary/aromatic N) is 5. The molecule has 9 rings (SSSR count). The van der Waals surface area contributed by atoms with Gasteiger partial charge in [-0.3, -0.25) is 4.98 Å². The van der Waals surface area contributed by atoms with E-state index in [0.29, 0.717) is 23.0 Å². The Morgan fingerprint density at radius 1 is 0.431 bits per heavy atom. The molecule has 0 spiro atoms. The number of thiophene rings is 1. The molecule has 0 atom stereocenters. The van der Waals surface area contributed by atoms with E-state index in [1.54, 1.807) is 23.5 Å². The Kier molecular flexibility index (Phi) is 7.66. The van der Waals surface area contributed by atoms with Gasteiger partial charge in [-0.1, -0.05) is 91.0 Å². The third-order valence-electron chi connectivity index (χ3n) is 9.09. The van der Waals surface area contributed by atoms with Gasteiger partial charge < -0.3 is 0 Å². The first-order valence-corrected chi connectivity index (χ1v) is 17.4. The van der Waals surface area contributed by atoms with Crippen molar-refractivity contribution in [2.24, 2.45) is 0 Å². The predicted octanol–water partition coefficient (Wildman–Crippen LogP) is 11.5. The Morgan fingerprint density at radius 2 is 1.02 bits per heavy atom. The lowest BCUT2D eigenvalue weighted by atomic mass is 9.97. The standard InChI is InChI=1S/C45H27N5S/c46-28-29-13-15-34(16-14-29)43-48-44(36-10-6-9-35(25-36)30-7-2-1-3-8-30)50-45(49-43)40-27-37(26-39-38-11-4-5-12-41(38)51-42(39)40)32-19-17-31(18-20-32)33-21-23-47-24-22-33/h1-27H. The molecule has 0 amide bonds. The van der Waals surface area contributed by atoms with Crippen LogP contribution in [-0.4, -0.2) is 19.9 Å². The number of nitriles is 1. The molecule has 6 aromatic carbocycles. The lowest BCUT2D eigenvalue weighted by Gasteiger charge is -2.12. The summed E-state index contributed by atoms with van der Waals surface area (Å²) in [4.78, 5) is 19.5. The summed E-state index contributed by atoms with van der Waals surface area (Å²) in [5.74, 6) is 1.72. The molecule has 0 saturated heterocycles. The van der Waals surface area contributed by atoms with Crippen LogP contribution < -0.4 is 0 Å². The molecule has 6 heteroatoms. The van der Waals surface area contributed by atoms with E-state index in [2.05, 4.69) is 96.0 Å². The van der Waals surface area contributed by atoms with Crippen molar-refractivity contribution in [2.75, 3.05) is 0 Å². The van der Waals surface area contributed by atoms with E-state index in [1.807, 2.05) is 67.0 Å². The number of benzene rings is 6. The van der Waals surface area contributed by atoms with Crippen LogP contribution in [0.25, 0.3) is 87.7 Å². The van der Waals surface area contributed by atoms with E-state index >= 15 is 0 Å². The SMILES string of the molecule is N#Cc1ccc(-c2nc(-c3cccc(-c4ccccc4)c3)nc(-c3cc(-c4ccc(-c5ccncc5)cc4)cc4c3sc3ccccc34)n2)cc1. The number of pyridine rings is 1. The minimum absolute atomic E-state index is 0.547. The van der Waals surface area contributed by atoms with E-state index < -0.39 is 0 Å². The summed E-state index contributed by atoms with van der Waals surface area (Å²) in [5.41, 5.74) is 9.88. The molecule has 3 heterocycles. The minimum Gasteiger partial charge on any atom is -0.265 e. The van der Waals surface area contributed by atoms with E-state index in [1.165, 1.54) is 10.1 Å². The summed E-state index contributed by atoms with van der Waals surface area (Å²) in [6, 6.07) is 54.0. The highest BCUT2D eigenvalue weighted by atomic mass is 32.1. The summed E-state index contributed by atoms with van der Waals surface area (Å²) >= 11 is 1.75. The number of hydrogen-bond acceptors (Lipinski definition) is 6. The Labute approximate surface area is 298 Å². The molecule has 0 radical (unpaired) electrons. The van der Waals surface area contributed by atoms with Crippen molar-refractivity contribution in [1.82, 2.24) is 19.9 Å². The second-order valence-electron chi connectivity index (χ2n) is 12.3. The van der Waals surface area contributed by atoms with Gasteiger partial charge in [0.2, 0.25) is 0 Å². The first kappa shape index (κ1) is 30.3. The first-order valence-electron chi connectivity index (χ1n) is 16.6. The second kappa shape index (κ2) is 12.9. The highest BCUT2D eigenvalue weighted by Crippen LogP contribution is 2.43. The van der Waals surface area contributed by atoms with Crippen LogP contribution in [0.5, 0.6) is 0 Å². The van der Waals surface area contributed by atoms with Gasteiger partial charge in [-0.25, -0.2) is 15.0 Å². The van der Waals surface area contributed by atoms with Crippen molar-refractivity contribution in [2.45, 2.75) is 0 Å². The normalized spacial score (nSPS) is 11.1. The maximum Gasteiger partial charge on any atom is 0.165 e. The van der Waals surface area contributed by atoms with Crippen LogP contribution in [0.15, 0.2) is 164 Å². The highest BCUT2D eigenvalue weighted by Gasteiger charge is 2.19. The van der Waals surface area contributed by atoms with Crippen LogP contribution in [0.4, 0.5) is 0 Å². The summed E-state index contributed by atoms with van der Waals surface area (Å²) in [7, 11) is 0. The van der Waals surface area contributed by atoms with E-state index in [4.69, 9.17) is 15.0 Å². The van der Waals surface area contributed by atoms with Crippen LogP contribution in [0.1, 0.15) is 5.56 Å². The molecule has 0 aliphatic rings. The van der Waals surface area contributed by atoms with Gasteiger partial charge >= 0.3 is 0 Å². The zero-order chi connectivity index (χ0) is 34.1. The van der Waals surface area contributed by atoms with Crippen LogP contribution >= 0.6 is 11.3 Å². The van der Waals surface area contributed by atoms with E-state index in [9.17, 15) is 5.26 Å². The lowest BCUT2D eigenvalue weighted by Crippen LogP contribution is -2.00. The zero-order valence-corrected chi connectivity index (χ0v) is 28.0. The van der Waals surface area contributed by atoms with E-state index in [-0.39, 0.29) is 0 Å². The first-order chi connectivity index (χ1) is 25.2. The van der Waals surface area contributed by atoms with Gasteiger partial charge in [-0.05, 0) is 94.0 Å². The molecule has 0 saturated carbocycles. The third-order valence-corrected chi connectivity index (χ3v) is 10.3. The number of aromatic nitrogens is 4. The van der Waals surface area contributed by atoms with Crippen LogP contribution in [0.2, 0.25) is 0 Å². The van der Waals surface area contributed by atoms with Gasteiger partial charge in [-0.2, -0.15) is 5.26 Å². The molecule has 0 aliphatic carbocycles. The quantitative estimate of drug-likeness (QED) is 0.176. The summed E-state index contributed by atoms with van der Waals surface area (Å²) in [6.07, 6.45) is 3.64.